The third kappa shape index (κ3) is 4.94. The molecule has 1 amide bonds. The molecule has 0 aromatic heterocycles. The van der Waals surface area contributed by atoms with E-state index in [1.807, 2.05) is 6.07 Å². The van der Waals surface area contributed by atoms with E-state index in [9.17, 15) is 23.3 Å². The van der Waals surface area contributed by atoms with Crippen molar-refractivity contribution in [3.8, 4) is 0 Å². The van der Waals surface area contributed by atoms with Gasteiger partial charge >= 0.3 is 0 Å². The van der Waals surface area contributed by atoms with E-state index < -0.39 is 9.84 Å². The van der Waals surface area contributed by atoms with Crippen molar-refractivity contribution in [3.05, 3.63) is 69.3 Å². The van der Waals surface area contributed by atoms with Gasteiger partial charge in [0.25, 0.3) is 5.69 Å². The standard InChI is InChI=1S/C24H29N3O5S/c1-25(23(28)15-17-5-10-20(11-6-17)33(2,31)32)24-21-16-19(27(29)30)9-7-18(21)8-12-22(24)26-13-3-4-14-26/h5-7,9-11,16,22,24H,3-4,8,12-15H2,1-2H3/t22-,24-/m1/s1. The number of carbonyl (C=O) groups is 1. The molecule has 2 aromatic rings. The molecule has 0 unspecified atom stereocenters. The maximum Gasteiger partial charge on any atom is 0.269 e. The second-order valence-electron chi connectivity index (χ2n) is 9.03. The van der Waals surface area contributed by atoms with Crippen LogP contribution in [0, 0.1) is 10.1 Å². The molecule has 176 valence electrons. The summed E-state index contributed by atoms with van der Waals surface area (Å²) in [6.07, 6.45) is 5.26. The quantitative estimate of drug-likeness (QED) is 0.474. The van der Waals surface area contributed by atoms with Gasteiger partial charge < -0.3 is 4.90 Å². The highest BCUT2D eigenvalue weighted by atomic mass is 32.2. The number of aryl methyl sites for hydroxylation is 1. The number of non-ortho nitro benzene ring substituents is 1. The number of carbonyl (C=O) groups excluding carboxylic acids is 1. The molecular weight excluding hydrogens is 442 g/mol. The maximum absolute atomic E-state index is 13.3. The lowest BCUT2D eigenvalue weighted by Gasteiger charge is -2.43. The molecule has 1 heterocycles. The molecule has 4 rings (SSSR count). The van der Waals surface area contributed by atoms with E-state index in [2.05, 4.69) is 4.90 Å². The zero-order chi connectivity index (χ0) is 23.8. The van der Waals surface area contributed by atoms with Gasteiger partial charge in [-0.2, -0.15) is 0 Å². The highest BCUT2D eigenvalue weighted by Crippen LogP contribution is 2.39. The van der Waals surface area contributed by atoms with Crippen molar-refractivity contribution in [3.63, 3.8) is 0 Å². The molecule has 1 saturated heterocycles. The topological polar surface area (TPSA) is 101 Å². The summed E-state index contributed by atoms with van der Waals surface area (Å²) >= 11 is 0. The molecule has 9 heteroatoms. The highest BCUT2D eigenvalue weighted by Gasteiger charge is 2.39. The van der Waals surface area contributed by atoms with Crippen LogP contribution < -0.4 is 0 Å². The number of amides is 1. The van der Waals surface area contributed by atoms with Gasteiger partial charge in [-0.1, -0.05) is 18.2 Å². The van der Waals surface area contributed by atoms with Gasteiger partial charge in [0, 0.05) is 31.5 Å². The second-order valence-corrected chi connectivity index (χ2v) is 11.0. The van der Waals surface area contributed by atoms with E-state index in [1.165, 1.54) is 18.2 Å². The van der Waals surface area contributed by atoms with E-state index in [1.54, 1.807) is 30.1 Å². The minimum absolute atomic E-state index is 0.0398. The number of nitrogens with zero attached hydrogens (tertiary/aromatic N) is 3. The van der Waals surface area contributed by atoms with Gasteiger partial charge in [-0.15, -0.1) is 0 Å². The van der Waals surface area contributed by atoms with Crippen LogP contribution in [0.15, 0.2) is 47.4 Å². The summed E-state index contributed by atoms with van der Waals surface area (Å²) in [5.41, 5.74) is 2.68. The van der Waals surface area contributed by atoms with Crippen LogP contribution in [-0.4, -0.2) is 61.5 Å². The van der Waals surface area contributed by atoms with Crippen LogP contribution in [0.2, 0.25) is 0 Å². The highest BCUT2D eigenvalue weighted by molar-refractivity contribution is 7.90. The minimum Gasteiger partial charge on any atom is -0.337 e. The molecule has 2 atom stereocenters. The average molecular weight is 472 g/mol. The third-order valence-corrected chi connectivity index (χ3v) is 7.99. The SMILES string of the molecule is CN(C(=O)Cc1ccc(S(C)(=O)=O)cc1)[C@@H]1c2cc([N+](=O)[O-])ccc2CC[C@H]1N1CCCC1. The van der Waals surface area contributed by atoms with Gasteiger partial charge in [-0.25, -0.2) is 8.42 Å². The van der Waals surface area contributed by atoms with Gasteiger partial charge in [0.1, 0.15) is 0 Å². The van der Waals surface area contributed by atoms with Crippen molar-refractivity contribution in [1.82, 2.24) is 9.80 Å². The Hall–Kier alpha value is -2.78. The summed E-state index contributed by atoms with van der Waals surface area (Å²) in [6, 6.07) is 11.2. The van der Waals surface area contributed by atoms with Crippen molar-refractivity contribution in [2.75, 3.05) is 26.4 Å². The largest absolute Gasteiger partial charge is 0.337 e. The van der Waals surface area contributed by atoms with Crippen molar-refractivity contribution in [1.29, 1.82) is 0 Å². The number of hydrogen-bond donors (Lipinski definition) is 0. The third-order valence-electron chi connectivity index (χ3n) is 6.86. The molecular formula is C24H29N3O5S. The van der Waals surface area contributed by atoms with Crippen molar-refractivity contribution < 1.29 is 18.1 Å². The molecule has 2 aromatic carbocycles. The van der Waals surface area contributed by atoms with Gasteiger partial charge in [-0.05, 0) is 67.6 Å². The smallest absolute Gasteiger partial charge is 0.269 e. The summed E-state index contributed by atoms with van der Waals surface area (Å²) in [5.74, 6) is -0.101. The Morgan fingerprint density at radius 2 is 1.82 bits per heavy atom. The van der Waals surface area contributed by atoms with E-state index in [4.69, 9.17) is 0 Å². The van der Waals surface area contributed by atoms with E-state index in [-0.39, 0.29) is 39.9 Å². The summed E-state index contributed by atoms with van der Waals surface area (Å²) in [7, 11) is -1.53. The number of nitro groups is 1. The van der Waals surface area contributed by atoms with Crippen LogP contribution in [-0.2, 0) is 27.5 Å². The second kappa shape index (κ2) is 9.23. The fourth-order valence-corrected chi connectivity index (χ4v) is 5.73. The lowest BCUT2D eigenvalue weighted by molar-refractivity contribution is -0.385. The molecule has 0 N–H and O–H groups in total. The van der Waals surface area contributed by atoms with Crippen LogP contribution >= 0.6 is 0 Å². The number of likely N-dealkylation sites (tertiary alicyclic amines) is 1. The number of nitro benzene ring substituents is 1. The van der Waals surface area contributed by atoms with E-state index >= 15 is 0 Å². The Balaban J connectivity index is 1.63. The lowest BCUT2D eigenvalue weighted by Crippen LogP contribution is -2.48. The van der Waals surface area contributed by atoms with Crippen molar-refractivity contribution in [2.45, 2.75) is 49.1 Å². The van der Waals surface area contributed by atoms with Crippen LogP contribution in [0.4, 0.5) is 5.69 Å². The molecule has 8 nitrogen and oxygen atoms in total. The molecule has 33 heavy (non-hydrogen) atoms. The molecule has 0 spiro atoms. The Morgan fingerprint density at radius 1 is 1.15 bits per heavy atom. The first kappa shape index (κ1) is 23.4. The van der Waals surface area contributed by atoms with Crippen LogP contribution in [0.25, 0.3) is 0 Å². The van der Waals surface area contributed by atoms with E-state index in [0.717, 1.165) is 61.7 Å². The first-order valence-corrected chi connectivity index (χ1v) is 13.1. The van der Waals surface area contributed by atoms with Crippen LogP contribution in [0.1, 0.15) is 42.0 Å². The van der Waals surface area contributed by atoms with Gasteiger partial charge in [0.15, 0.2) is 9.84 Å². The number of benzene rings is 2. The Morgan fingerprint density at radius 3 is 2.42 bits per heavy atom. The van der Waals surface area contributed by atoms with Crippen LogP contribution in [0.5, 0.6) is 0 Å². The average Bonchev–Trinajstić information content (AvgIpc) is 3.32. The molecule has 2 aliphatic rings. The number of likely N-dealkylation sites (N-methyl/N-ethyl adjacent to an activating group) is 1. The number of sulfone groups is 1. The Bertz CT molecular complexity index is 1160. The fraction of sp³-hybridized carbons (Fsp3) is 0.458. The molecule has 1 aliphatic heterocycles. The van der Waals surface area contributed by atoms with Gasteiger partial charge in [0.2, 0.25) is 5.91 Å². The van der Waals surface area contributed by atoms with Crippen molar-refractivity contribution in [2.24, 2.45) is 0 Å². The summed E-state index contributed by atoms with van der Waals surface area (Å²) < 4.78 is 23.4. The molecule has 1 fully saturated rings. The fourth-order valence-electron chi connectivity index (χ4n) is 5.10. The number of rotatable bonds is 6. The predicted octanol–water partition coefficient (Wildman–Crippen LogP) is 3.15. The monoisotopic (exact) mass is 471 g/mol. The normalized spacial score (nSPS) is 20.9. The molecule has 0 saturated carbocycles. The maximum atomic E-state index is 13.3. The lowest BCUT2D eigenvalue weighted by atomic mass is 9.82. The number of hydrogen-bond acceptors (Lipinski definition) is 6. The Labute approximate surface area is 194 Å². The summed E-state index contributed by atoms with van der Waals surface area (Å²) in [6.45, 7) is 1.95. The first-order chi connectivity index (χ1) is 15.6. The van der Waals surface area contributed by atoms with E-state index in [0.29, 0.717) is 0 Å². The molecule has 0 bridgehead atoms. The number of fused-ring (bicyclic) bond motifs is 1. The zero-order valence-corrected chi connectivity index (χ0v) is 19.8. The Kier molecular flexibility index (Phi) is 6.54. The van der Waals surface area contributed by atoms with Crippen molar-refractivity contribution >= 4 is 21.4 Å². The predicted molar refractivity (Wildman–Crippen MR) is 125 cm³/mol. The minimum atomic E-state index is -3.30. The molecule has 1 aliphatic carbocycles. The van der Waals surface area contributed by atoms with Gasteiger partial charge in [-0.3, -0.25) is 19.8 Å². The summed E-state index contributed by atoms with van der Waals surface area (Å²) in [4.78, 5) is 28.8. The first-order valence-electron chi connectivity index (χ1n) is 11.2. The van der Waals surface area contributed by atoms with Gasteiger partial charge in [0.05, 0.1) is 22.3 Å². The van der Waals surface area contributed by atoms with Crippen LogP contribution in [0.3, 0.4) is 0 Å². The molecule has 0 radical (unpaired) electrons. The summed E-state index contributed by atoms with van der Waals surface area (Å²) in [5, 5.41) is 11.4. The zero-order valence-electron chi connectivity index (χ0n) is 18.9.